The first-order valence-electron chi connectivity index (χ1n) is 5.90. The highest BCUT2D eigenvalue weighted by Gasteiger charge is 2.28. The van der Waals surface area contributed by atoms with Gasteiger partial charge in [-0.1, -0.05) is 0 Å². The number of carbonyl (C=O) groups is 1. The van der Waals surface area contributed by atoms with Crippen LogP contribution < -0.4 is 5.32 Å². The molecule has 0 aliphatic carbocycles. The summed E-state index contributed by atoms with van der Waals surface area (Å²) in [6.07, 6.45) is 0.165. The third-order valence-corrected chi connectivity index (χ3v) is 2.80. The molecule has 0 aliphatic heterocycles. The molecule has 0 radical (unpaired) electrons. The molecule has 1 aromatic carbocycles. The zero-order chi connectivity index (χ0) is 15.3. The third kappa shape index (κ3) is 3.94. The van der Waals surface area contributed by atoms with Crippen LogP contribution in [0.25, 0.3) is 0 Å². The molecular formula is C13H16F3NO3. The standard InChI is InChI=1S/C13H16F3NO3/c1-13(3-4-18,7-20-2)17-12(19)8-5-10(15)11(16)6-9(8)14/h5-6,18H,3-4,7H2,1-2H3,(H,17,19)/t13-/m1/s1. The van der Waals surface area contributed by atoms with Crippen molar-refractivity contribution < 1.29 is 27.8 Å². The van der Waals surface area contributed by atoms with Crippen molar-refractivity contribution in [2.75, 3.05) is 20.3 Å². The average Bonchev–Trinajstić information content (AvgIpc) is 2.33. The Labute approximate surface area is 114 Å². The van der Waals surface area contributed by atoms with Gasteiger partial charge in [0.05, 0.1) is 17.7 Å². The second kappa shape index (κ2) is 6.71. The lowest BCUT2D eigenvalue weighted by atomic mass is 9.98. The number of hydrogen-bond donors (Lipinski definition) is 2. The number of methoxy groups -OCH3 is 1. The van der Waals surface area contributed by atoms with Gasteiger partial charge in [-0.3, -0.25) is 4.79 Å². The van der Waals surface area contributed by atoms with Crippen LogP contribution in [-0.4, -0.2) is 36.9 Å². The minimum atomic E-state index is -1.37. The topological polar surface area (TPSA) is 58.6 Å². The fraction of sp³-hybridized carbons (Fsp3) is 0.462. The fourth-order valence-electron chi connectivity index (χ4n) is 1.77. The largest absolute Gasteiger partial charge is 0.396 e. The first kappa shape index (κ1) is 16.5. The van der Waals surface area contributed by atoms with Crippen LogP contribution in [-0.2, 0) is 4.74 Å². The number of carbonyl (C=O) groups excluding carboxylic acids is 1. The molecule has 0 saturated carbocycles. The first-order chi connectivity index (χ1) is 9.33. The van der Waals surface area contributed by atoms with Crippen molar-refractivity contribution in [3.63, 3.8) is 0 Å². The van der Waals surface area contributed by atoms with E-state index in [4.69, 9.17) is 9.84 Å². The van der Waals surface area contributed by atoms with Gasteiger partial charge in [-0.25, -0.2) is 13.2 Å². The van der Waals surface area contributed by atoms with E-state index in [2.05, 4.69) is 5.32 Å². The zero-order valence-corrected chi connectivity index (χ0v) is 11.2. The molecule has 0 heterocycles. The lowest BCUT2D eigenvalue weighted by Crippen LogP contribution is -2.50. The van der Waals surface area contributed by atoms with Crippen molar-refractivity contribution in [1.29, 1.82) is 0 Å². The summed E-state index contributed by atoms with van der Waals surface area (Å²) >= 11 is 0. The zero-order valence-electron chi connectivity index (χ0n) is 11.2. The number of aliphatic hydroxyl groups is 1. The lowest BCUT2D eigenvalue weighted by molar-refractivity contribution is 0.0722. The molecule has 0 aromatic heterocycles. The Hall–Kier alpha value is -1.60. The van der Waals surface area contributed by atoms with Gasteiger partial charge in [-0.15, -0.1) is 0 Å². The number of benzene rings is 1. The van der Waals surface area contributed by atoms with Gasteiger partial charge in [0.2, 0.25) is 0 Å². The predicted molar refractivity (Wildman–Crippen MR) is 65.8 cm³/mol. The summed E-state index contributed by atoms with van der Waals surface area (Å²) in [4.78, 5) is 11.9. The summed E-state index contributed by atoms with van der Waals surface area (Å²) in [5.74, 6) is -4.75. The van der Waals surface area contributed by atoms with Crippen molar-refractivity contribution in [1.82, 2.24) is 5.32 Å². The van der Waals surface area contributed by atoms with E-state index in [-0.39, 0.29) is 19.6 Å². The molecule has 1 aromatic rings. The molecule has 2 N–H and O–H groups in total. The number of nitrogens with one attached hydrogen (secondary N) is 1. The summed E-state index contributed by atoms with van der Waals surface area (Å²) in [7, 11) is 1.40. The Morgan fingerprint density at radius 3 is 2.45 bits per heavy atom. The minimum absolute atomic E-state index is 0.0740. The maximum Gasteiger partial charge on any atom is 0.254 e. The highest BCUT2D eigenvalue weighted by molar-refractivity contribution is 5.95. The number of rotatable bonds is 6. The second-order valence-electron chi connectivity index (χ2n) is 4.67. The molecular weight excluding hydrogens is 275 g/mol. The van der Waals surface area contributed by atoms with E-state index in [1.54, 1.807) is 6.92 Å². The van der Waals surface area contributed by atoms with Gasteiger partial charge in [0.15, 0.2) is 11.6 Å². The van der Waals surface area contributed by atoms with Crippen molar-refractivity contribution >= 4 is 5.91 Å². The lowest BCUT2D eigenvalue weighted by Gasteiger charge is -2.29. The quantitative estimate of drug-likeness (QED) is 0.783. The Morgan fingerprint density at radius 1 is 1.30 bits per heavy atom. The third-order valence-electron chi connectivity index (χ3n) is 2.80. The van der Waals surface area contributed by atoms with Crippen molar-refractivity contribution in [3.8, 4) is 0 Å². The number of ether oxygens (including phenoxy) is 1. The molecule has 0 spiro atoms. The van der Waals surface area contributed by atoms with Crippen LogP contribution in [0.1, 0.15) is 23.7 Å². The SMILES string of the molecule is COC[C@@](C)(CCO)NC(=O)c1cc(F)c(F)cc1F. The fourth-order valence-corrected chi connectivity index (χ4v) is 1.77. The predicted octanol–water partition coefficient (Wildman–Crippen LogP) is 1.62. The molecule has 20 heavy (non-hydrogen) atoms. The Kier molecular flexibility index (Phi) is 5.52. The van der Waals surface area contributed by atoms with Crippen LogP contribution in [0.4, 0.5) is 13.2 Å². The van der Waals surface area contributed by atoms with Crippen LogP contribution in [0.5, 0.6) is 0 Å². The normalized spacial score (nSPS) is 13.9. The van der Waals surface area contributed by atoms with Gasteiger partial charge in [-0.2, -0.15) is 0 Å². The van der Waals surface area contributed by atoms with E-state index >= 15 is 0 Å². The number of amides is 1. The first-order valence-corrected chi connectivity index (χ1v) is 5.90. The summed E-state index contributed by atoms with van der Waals surface area (Å²) in [5, 5.41) is 11.4. The van der Waals surface area contributed by atoms with E-state index < -0.39 is 34.5 Å². The van der Waals surface area contributed by atoms with E-state index in [1.807, 2.05) is 0 Å². The summed E-state index contributed by atoms with van der Waals surface area (Å²) < 4.78 is 44.3. The maximum absolute atomic E-state index is 13.5. The minimum Gasteiger partial charge on any atom is -0.396 e. The van der Waals surface area contributed by atoms with Crippen molar-refractivity contribution in [2.24, 2.45) is 0 Å². The molecule has 0 aliphatic rings. The highest BCUT2D eigenvalue weighted by Crippen LogP contribution is 2.16. The van der Waals surface area contributed by atoms with E-state index in [9.17, 15) is 18.0 Å². The van der Waals surface area contributed by atoms with Gasteiger partial charge >= 0.3 is 0 Å². The molecule has 0 saturated heterocycles. The van der Waals surface area contributed by atoms with Gasteiger partial charge in [-0.05, 0) is 19.4 Å². The Balaban J connectivity index is 2.97. The van der Waals surface area contributed by atoms with Crippen LogP contribution >= 0.6 is 0 Å². The molecule has 1 atom stereocenters. The maximum atomic E-state index is 13.5. The monoisotopic (exact) mass is 291 g/mol. The molecule has 112 valence electrons. The van der Waals surface area contributed by atoms with Crippen molar-refractivity contribution in [2.45, 2.75) is 18.9 Å². The van der Waals surface area contributed by atoms with Gasteiger partial charge < -0.3 is 15.2 Å². The van der Waals surface area contributed by atoms with Gasteiger partial charge in [0.1, 0.15) is 5.82 Å². The number of halogens is 3. The molecule has 1 rings (SSSR count). The van der Waals surface area contributed by atoms with E-state index in [1.165, 1.54) is 7.11 Å². The second-order valence-corrected chi connectivity index (χ2v) is 4.67. The van der Waals surface area contributed by atoms with Crippen molar-refractivity contribution in [3.05, 3.63) is 35.1 Å². The molecule has 0 fully saturated rings. The van der Waals surface area contributed by atoms with Crippen LogP contribution in [0, 0.1) is 17.5 Å². The Morgan fingerprint density at radius 2 is 1.90 bits per heavy atom. The number of hydrogen-bond acceptors (Lipinski definition) is 3. The summed E-state index contributed by atoms with van der Waals surface area (Å²) in [6.45, 7) is 1.44. The molecule has 0 bridgehead atoms. The van der Waals surface area contributed by atoms with Crippen LogP contribution in [0.15, 0.2) is 12.1 Å². The average molecular weight is 291 g/mol. The van der Waals surface area contributed by atoms with Crippen LogP contribution in [0.3, 0.4) is 0 Å². The molecule has 0 unspecified atom stereocenters. The molecule has 7 heteroatoms. The molecule has 4 nitrogen and oxygen atoms in total. The van der Waals surface area contributed by atoms with Gasteiger partial charge in [0.25, 0.3) is 5.91 Å². The van der Waals surface area contributed by atoms with Gasteiger partial charge in [0, 0.05) is 19.8 Å². The Bertz CT molecular complexity index is 488. The number of aliphatic hydroxyl groups excluding tert-OH is 1. The smallest absolute Gasteiger partial charge is 0.254 e. The summed E-state index contributed by atoms with van der Waals surface area (Å²) in [6, 6.07) is 0.802. The van der Waals surface area contributed by atoms with E-state index in [0.717, 1.165) is 0 Å². The molecule has 1 amide bonds. The summed E-state index contributed by atoms with van der Waals surface area (Å²) in [5.41, 5.74) is -1.55. The van der Waals surface area contributed by atoms with E-state index in [0.29, 0.717) is 12.1 Å². The van der Waals surface area contributed by atoms with Crippen LogP contribution in [0.2, 0.25) is 0 Å². The highest BCUT2D eigenvalue weighted by atomic mass is 19.2.